The van der Waals surface area contributed by atoms with Gasteiger partial charge in [-0.05, 0) is 42.8 Å². The molecule has 0 saturated carbocycles. The Morgan fingerprint density at radius 2 is 1.82 bits per heavy atom. The van der Waals surface area contributed by atoms with Crippen molar-refractivity contribution >= 4 is 22.8 Å². The third-order valence-electron chi connectivity index (χ3n) is 4.74. The summed E-state index contributed by atoms with van der Waals surface area (Å²) >= 11 is 6.25. The smallest absolute Gasteiger partial charge is 0.332 e. The van der Waals surface area contributed by atoms with E-state index in [1.165, 1.54) is 35.4 Å². The van der Waals surface area contributed by atoms with Crippen LogP contribution in [0, 0.1) is 12.7 Å². The number of nitrogens with zero attached hydrogens (tertiary/aromatic N) is 5. The Kier molecular flexibility index (Phi) is 4.19. The molecule has 0 aliphatic heterocycles. The number of fused-ring (bicyclic) bond motifs is 1. The first-order valence-corrected chi connectivity index (χ1v) is 8.70. The monoisotopic (exact) mass is 403 g/mol. The highest BCUT2D eigenvalue weighted by Crippen LogP contribution is 2.27. The summed E-state index contributed by atoms with van der Waals surface area (Å²) in [6.07, 6.45) is 0. The number of benzene rings is 1. The maximum absolute atomic E-state index is 13.2. The van der Waals surface area contributed by atoms with Crippen molar-refractivity contribution in [2.24, 2.45) is 14.1 Å². The molecule has 0 amide bonds. The Hall–Kier alpha value is -3.20. The highest BCUT2D eigenvalue weighted by Gasteiger charge is 2.21. The molecule has 3 heterocycles. The topological polar surface area (TPSA) is 87.9 Å². The zero-order valence-electron chi connectivity index (χ0n) is 15.2. The molecule has 0 fully saturated rings. The summed E-state index contributed by atoms with van der Waals surface area (Å²) < 4.78 is 22.3. The lowest BCUT2D eigenvalue weighted by atomic mass is 10.1. The zero-order valence-corrected chi connectivity index (χ0v) is 16.0. The summed E-state index contributed by atoms with van der Waals surface area (Å²) in [7, 11) is 2.91. The molecule has 0 aliphatic carbocycles. The number of aryl methyl sites for hydroxylation is 1. The van der Waals surface area contributed by atoms with Gasteiger partial charge in [-0.2, -0.15) is 4.98 Å². The van der Waals surface area contributed by atoms with Crippen molar-refractivity contribution in [3.8, 4) is 11.3 Å². The average Bonchev–Trinajstić information content (AvgIpc) is 3.20. The molecule has 0 N–H and O–H groups in total. The van der Waals surface area contributed by atoms with Crippen molar-refractivity contribution in [3.05, 3.63) is 67.5 Å². The Labute approximate surface area is 162 Å². The summed E-state index contributed by atoms with van der Waals surface area (Å²) in [4.78, 5) is 28.9. The number of halogens is 2. The van der Waals surface area contributed by atoms with Crippen molar-refractivity contribution in [1.82, 2.24) is 23.8 Å². The van der Waals surface area contributed by atoms with Crippen molar-refractivity contribution in [2.75, 3.05) is 0 Å². The number of rotatable bonds is 3. The van der Waals surface area contributed by atoms with Crippen molar-refractivity contribution in [1.29, 1.82) is 0 Å². The second-order valence-electron chi connectivity index (χ2n) is 6.44. The first-order chi connectivity index (χ1) is 13.3. The van der Waals surface area contributed by atoms with Crippen molar-refractivity contribution in [3.63, 3.8) is 0 Å². The first-order valence-electron chi connectivity index (χ1n) is 8.32. The third kappa shape index (κ3) is 2.66. The van der Waals surface area contributed by atoms with Crippen LogP contribution in [0.15, 0.2) is 38.4 Å². The van der Waals surface area contributed by atoms with Crippen molar-refractivity contribution in [2.45, 2.75) is 13.5 Å². The van der Waals surface area contributed by atoms with Gasteiger partial charge in [0.15, 0.2) is 16.9 Å². The van der Waals surface area contributed by atoms with Crippen LogP contribution in [-0.2, 0) is 20.6 Å². The van der Waals surface area contributed by atoms with Crippen LogP contribution in [0.1, 0.15) is 11.3 Å². The number of hydrogen-bond donors (Lipinski definition) is 0. The molecule has 3 aromatic heterocycles. The van der Waals surface area contributed by atoms with Crippen LogP contribution in [0.5, 0.6) is 0 Å². The molecule has 4 aromatic rings. The highest BCUT2D eigenvalue weighted by molar-refractivity contribution is 6.29. The van der Waals surface area contributed by atoms with E-state index < -0.39 is 11.2 Å². The van der Waals surface area contributed by atoms with E-state index in [1.54, 1.807) is 12.1 Å². The van der Waals surface area contributed by atoms with E-state index in [1.807, 2.05) is 6.92 Å². The van der Waals surface area contributed by atoms with E-state index in [0.29, 0.717) is 17.0 Å². The molecular weight excluding hydrogens is 389 g/mol. The molecule has 0 saturated heterocycles. The lowest BCUT2D eigenvalue weighted by Crippen LogP contribution is -2.37. The molecule has 8 nitrogen and oxygen atoms in total. The highest BCUT2D eigenvalue weighted by atomic mass is 35.5. The van der Waals surface area contributed by atoms with Gasteiger partial charge in [0.2, 0.25) is 5.28 Å². The van der Waals surface area contributed by atoms with Gasteiger partial charge in [-0.1, -0.05) is 5.16 Å². The molecule has 0 aliphatic rings. The minimum atomic E-state index is -0.502. The van der Waals surface area contributed by atoms with Gasteiger partial charge in [0.05, 0.1) is 6.54 Å². The minimum Gasteiger partial charge on any atom is -0.356 e. The fourth-order valence-electron chi connectivity index (χ4n) is 3.10. The van der Waals surface area contributed by atoms with Gasteiger partial charge in [0, 0.05) is 25.2 Å². The fourth-order valence-corrected chi connectivity index (χ4v) is 3.32. The van der Waals surface area contributed by atoms with E-state index in [-0.39, 0.29) is 28.8 Å². The second-order valence-corrected chi connectivity index (χ2v) is 6.77. The SMILES string of the molecule is Cc1c(Cn2c(Cl)nc3c2c(=O)n(C)c(=O)n3C)noc1-c1ccc(F)cc1. The van der Waals surface area contributed by atoms with E-state index in [4.69, 9.17) is 16.1 Å². The second kappa shape index (κ2) is 6.45. The predicted octanol–water partition coefficient (Wildman–Crippen LogP) is 2.24. The number of aromatic nitrogens is 5. The van der Waals surface area contributed by atoms with E-state index in [2.05, 4.69) is 10.1 Å². The first kappa shape index (κ1) is 18.2. The summed E-state index contributed by atoms with van der Waals surface area (Å²) in [6.45, 7) is 1.94. The average molecular weight is 404 g/mol. The molecule has 10 heteroatoms. The maximum atomic E-state index is 13.2. The van der Waals surface area contributed by atoms with Gasteiger partial charge in [-0.15, -0.1) is 0 Å². The Balaban J connectivity index is 1.84. The van der Waals surface area contributed by atoms with Crippen molar-refractivity contribution < 1.29 is 8.91 Å². The molecule has 0 bridgehead atoms. The van der Waals surface area contributed by atoms with Gasteiger partial charge in [0.25, 0.3) is 5.56 Å². The summed E-state index contributed by atoms with van der Waals surface area (Å²) in [6, 6.07) is 5.86. The van der Waals surface area contributed by atoms with Crippen LogP contribution < -0.4 is 11.2 Å². The van der Waals surface area contributed by atoms with Gasteiger partial charge in [-0.25, -0.2) is 9.18 Å². The number of imidazole rings is 1. The lowest BCUT2D eigenvalue weighted by Gasteiger charge is -2.06. The van der Waals surface area contributed by atoms with Gasteiger partial charge in [0.1, 0.15) is 11.5 Å². The van der Waals surface area contributed by atoms with Crippen LogP contribution in [-0.4, -0.2) is 23.8 Å². The Morgan fingerprint density at radius 1 is 1.14 bits per heavy atom. The molecule has 0 unspecified atom stereocenters. The zero-order chi connectivity index (χ0) is 20.2. The standard InChI is InChI=1S/C18H15ClFN5O3/c1-9-12(22-28-14(9)10-4-6-11(20)7-5-10)8-25-13-15(21-17(25)19)23(2)18(27)24(3)16(13)26/h4-7H,8H2,1-3H3. The van der Waals surface area contributed by atoms with Gasteiger partial charge in [-0.3, -0.25) is 13.9 Å². The molecule has 0 spiro atoms. The Morgan fingerprint density at radius 3 is 2.50 bits per heavy atom. The number of hydrogen-bond acceptors (Lipinski definition) is 5. The van der Waals surface area contributed by atoms with Crippen LogP contribution in [0.3, 0.4) is 0 Å². The molecule has 0 atom stereocenters. The fraction of sp³-hybridized carbons (Fsp3) is 0.222. The summed E-state index contributed by atoms with van der Waals surface area (Å²) in [5.74, 6) is 0.148. The maximum Gasteiger partial charge on any atom is 0.332 e. The van der Waals surface area contributed by atoms with Crippen LogP contribution >= 0.6 is 11.6 Å². The molecule has 28 heavy (non-hydrogen) atoms. The van der Waals surface area contributed by atoms with E-state index in [9.17, 15) is 14.0 Å². The summed E-state index contributed by atoms with van der Waals surface area (Å²) in [5, 5.41) is 4.13. The Bertz CT molecular complexity index is 1330. The van der Waals surface area contributed by atoms with E-state index in [0.717, 1.165) is 10.1 Å². The lowest BCUT2D eigenvalue weighted by molar-refractivity contribution is 0.421. The van der Waals surface area contributed by atoms with Gasteiger partial charge >= 0.3 is 5.69 Å². The summed E-state index contributed by atoms with van der Waals surface area (Å²) in [5.41, 5.74) is 1.34. The molecule has 0 radical (unpaired) electrons. The third-order valence-corrected chi connectivity index (χ3v) is 5.02. The van der Waals surface area contributed by atoms with Gasteiger partial charge < -0.3 is 9.09 Å². The van der Waals surface area contributed by atoms with E-state index >= 15 is 0 Å². The van der Waals surface area contributed by atoms with Crippen LogP contribution in [0.25, 0.3) is 22.5 Å². The molecular formula is C18H15ClFN5O3. The molecule has 4 rings (SSSR count). The quantitative estimate of drug-likeness (QED) is 0.489. The normalized spacial score (nSPS) is 11.5. The van der Waals surface area contributed by atoms with Crippen LogP contribution in [0.2, 0.25) is 5.28 Å². The minimum absolute atomic E-state index is 0.0547. The molecule has 144 valence electrons. The van der Waals surface area contributed by atoms with Crippen LogP contribution in [0.4, 0.5) is 4.39 Å². The molecule has 1 aromatic carbocycles. The largest absolute Gasteiger partial charge is 0.356 e. The predicted molar refractivity (Wildman–Crippen MR) is 101 cm³/mol.